The molecule has 16 nitrogen and oxygen atoms in total. The molecule has 3 aliphatic rings. The van der Waals surface area contributed by atoms with Crippen molar-refractivity contribution >= 4 is 46.9 Å². The number of ketones is 3. The summed E-state index contributed by atoms with van der Waals surface area (Å²) in [6.45, 7) is 8.88. The van der Waals surface area contributed by atoms with Gasteiger partial charge >= 0.3 is 5.97 Å². The summed E-state index contributed by atoms with van der Waals surface area (Å²) in [5.41, 5.74) is 1.37. The molecule has 3 aromatic rings. The number of amides is 4. The first kappa shape index (κ1) is 52.5. The van der Waals surface area contributed by atoms with Gasteiger partial charge in [0, 0.05) is 30.5 Å². The fourth-order valence-corrected chi connectivity index (χ4v) is 8.80. The lowest BCUT2D eigenvalue weighted by atomic mass is 9.84. The van der Waals surface area contributed by atoms with E-state index in [1.807, 2.05) is 31.2 Å². The van der Waals surface area contributed by atoms with Crippen LogP contribution in [0.25, 0.3) is 0 Å². The molecule has 3 aromatic carbocycles. The van der Waals surface area contributed by atoms with E-state index in [0.29, 0.717) is 99.1 Å². The maximum Gasteiger partial charge on any atom is 0.329 e. The molecule has 3 atom stereocenters. The predicted octanol–water partition coefficient (Wildman–Crippen LogP) is 7.63. The van der Waals surface area contributed by atoms with Crippen LogP contribution in [0.3, 0.4) is 0 Å². The third-order valence-corrected chi connectivity index (χ3v) is 13.4. The van der Waals surface area contributed by atoms with Gasteiger partial charge in [-0.15, -0.1) is 0 Å². The van der Waals surface area contributed by atoms with Gasteiger partial charge in [0.1, 0.15) is 42.9 Å². The average molecular weight is 964 g/mol. The molecule has 0 bridgehead atoms. The Morgan fingerprint density at radius 1 is 0.800 bits per heavy atom. The van der Waals surface area contributed by atoms with Crippen LogP contribution in [0.2, 0.25) is 0 Å². The van der Waals surface area contributed by atoms with Gasteiger partial charge in [-0.05, 0) is 112 Å². The summed E-state index contributed by atoms with van der Waals surface area (Å²) in [5, 5.41) is 2.61. The van der Waals surface area contributed by atoms with Gasteiger partial charge in [0.2, 0.25) is 11.7 Å². The van der Waals surface area contributed by atoms with E-state index < -0.39 is 59.0 Å². The average Bonchev–Trinajstić information content (AvgIpc) is 3.62. The van der Waals surface area contributed by atoms with Crippen molar-refractivity contribution in [1.82, 2.24) is 15.1 Å². The Balaban J connectivity index is 0.980. The van der Waals surface area contributed by atoms with Crippen LogP contribution in [0.15, 0.2) is 72.9 Å². The number of imide groups is 1. The van der Waals surface area contributed by atoms with Crippen LogP contribution < -0.4 is 24.3 Å². The molecule has 3 aliphatic heterocycles. The summed E-state index contributed by atoms with van der Waals surface area (Å²) in [6, 6.07) is 15.3. The highest BCUT2D eigenvalue weighted by Crippen LogP contribution is 2.35. The summed E-state index contributed by atoms with van der Waals surface area (Å²) in [4.78, 5) is 108. The van der Waals surface area contributed by atoms with Crippen LogP contribution in [0.1, 0.15) is 142 Å². The van der Waals surface area contributed by atoms with E-state index in [0.717, 1.165) is 10.5 Å². The first-order valence-electron chi connectivity index (χ1n) is 24.2. The van der Waals surface area contributed by atoms with Gasteiger partial charge < -0.3 is 33.9 Å². The Bertz CT molecular complexity index is 2480. The number of unbranched alkanes of at least 4 members (excludes halogenated alkanes) is 3. The van der Waals surface area contributed by atoms with Crippen molar-refractivity contribution in [2.45, 2.75) is 129 Å². The first-order valence-corrected chi connectivity index (χ1v) is 24.2. The van der Waals surface area contributed by atoms with Crippen LogP contribution >= 0.6 is 0 Å². The van der Waals surface area contributed by atoms with Gasteiger partial charge in [-0.1, -0.05) is 64.5 Å². The van der Waals surface area contributed by atoms with Gasteiger partial charge in [0.15, 0.2) is 23.1 Å². The number of benzene rings is 3. The number of nitrogens with one attached hydrogen (secondary N) is 1. The van der Waals surface area contributed by atoms with Crippen molar-refractivity contribution in [2.75, 3.05) is 34.0 Å². The Labute approximate surface area is 409 Å². The molecule has 16 heteroatoms. The molecule has 0 aliphatic carbocycles. The highest BCUT2D eigenvalue weighted by molar-refractivity contribution is 6.38. The zero-order valence-corrected chi connectivity index (χ0v) is 40.9. The molecule has 0 saturated carbocycles. The maximum absolute atomic E-state index is 14.0. The normalized spacial score (nSPS) is 17.3. The second-order valence-corrected chi connectivity index (χ2v) is 18.7. The quantitative estimate of drug-likeness (QED) is 0.0376. The Hall–Kier alpha value is -6.84. The van der Waals surface area contributed by atoms with Crippen LogP contribution in [0.5, 0.6) is 23.0 Å². The standard InChI is InChI=1S/C54H65N3O13/c1-7-54(3,4)48(60)52(64)56-29-13-12-21-42(56)53(65)70-43(27-24-35-25-28-44(66-5)46(30-35)67-6)36-16-14-19-39(31-36)68-32-37(58)17-10-8-9-11-18-38(59)33-69-45-22-15-20-40-47(45)51(63)57(50(40)62)41-26-23-34(2)55-49(41)61/h14-16,19-20,22,25,28,30-31,41-43H,2,7-13,17-18,21,23-24,26-27,29,32-33H2,1,3-6H3,(H,55,61)/t41?,42-,43+/m0/s1. The van der Waals surface area contributed by atoms with Crippen LogP contribution in [-0.2, 0) is 39.9 Å². The third kappa shape index (κ3) is 12.9. The number of Topliss-reactive ketones (excluding diaryl/α,β-unsaturated/α-hetero) is 3. The zero-order chi connectivity index (χ0) is 50.5. The highest BCUT2D eigenvalue weighted by atomic mass is 16.5. The smallest absolute Gasteiger partial charge is 0.329 e. The molecule has 374 valence electrons. The lowest BCUT2D eigenvalue weighted by Gasteiger charge is -2.36. The number of ether oxygens (including phenoxy) is 5. The lowest BCUT2D eigenvalue weighted by molar-refractivity contribution is -0.164. The number of allylic oxidation sites excluding steroid dienone is 1. The summed E-state index contributed by atoms with van der Waals surface area (Å²) in [6.07, 6.45) is 6.09. The minimum Gasteiger partial charge on any atom is -0.493 e. The summed E-state index contributed by atoms with van der Waals surface area (Å²) in [7, 11) is 3.11. The molecule has 2 fully saturated rings. The number of likely N-dealkylation sites (tertiary alicyclic amines) is 1. The molecule has 1 unspecified atom stereocenters. The van der Waals surface area contributed by atoms with E-state index in [1.54, 1.807) is 52.3 Å². The lowest BCUT2D eigenvalue weighted by Crippen LogP contribution is -2.53. The van der Waals surface area contributed by atoms with Gasteiger partial charge in [-0.25, -0.2) is 4.79 Å². The number of esters is 1. The first-order chi connectivity index (χ1) is 33.6. The molecule has 0 spiro atoms. The van der Waals surface area contributed by atoms with Gasteiger partial charge in [-0.2, -0.15) is 0 Å². The molecule has 3 heterocycles. The summed E-state index contributed by atoms with van der Waals surface area (Å²) < 4.78 is 28.8. The molecule has 4 amide bonds. The SMILES string of the molecule is C=C1CCC(N2C(=O)c3cccc(OCC(=O)CCCCCCC(=O)COc4cccc([C@@H](CCc5ccc(OC)c(OC)c5)OC(=O)[C@@H]5CCCCN5C(=O)C(=O)C(C)(C)CC)c4)c3C2=O)C(=O)N1. The number of hydrogen-bond donors (Lipinski definition) is 1. The topological polar surface area (TPSA) is 201 Å². The number of fused-ring (bicyclic) bond motifs is 1. The summed E-state index contributed by atoms with van der Waals surface area (Å²) >= 11 is 0. The monoisotopic (exact) mass is 963 g/mol. The zero-order valence-electron chi connectivity index (χ0n) is 40.9. The molecular formula is C54H65N3O13. The minimum absolute atomic E-state index is 0.0370. The number of piperidine rings is 2. The Morgan fingerprint density at radius 2 is 1.50 bits per heavy atom. The fraction of sp³-hybridized carbons (Fsp3) is 0.481. The van der Waals surface area contributed by atoms with Crippen LogP contribution in [-0.4, -0.2) is 103 Å². The number of hydrogen-bond acceptors (Lipinski definition) is 13. The second kappa shape index (κ2) is 24.1. The molecule has 0 aromatic heterocycles. The van der Waals surface area contributed by atoms with Crippen molar-refractivity contribution in [3.05, 3.63) is 95.2 Å². The molecular weight excluding hydrogens is 899 g/mol. The van der Waals surface area contributed by atoms with Crippen molar-refractivity contribution < 1.29 is 62.0 Å². The molecule has 70 heavy (non-hydrogen) atoms. The van der Waals surface area contributed by atoms with E-state index in [4.69, 9.17) is 23.7 Å². The number of methoxy groups -OCH3 is 2. The number of nitrogens with zero attached hydrogens (tertiary/aromatic N) is 2. The van der Waals surface area contributed by atoms with Gasteiger partial charge in [-0.3, -0.25) is 38.5 Å². The summed E-state index contributed by atoms with van der Waals surface area (Å²) in [5.74, 6) is -2.12. The molecule has 6 rings (SSSR count). The van der Waals surface area contributed by atoms with Crippen molar-refractivity contribution in [3.63, 3.8) is 0 Å². The minimum atomic E-state index is -0.960. The van der Waals surface area contributed by atoms with E-state index in [-0.39, 0.29) is 67.5 Å². The molecule has 2 saturated heterocycles. The van der Waals surface area contributed by atoms with Crippen molar-refractivity contribution in [3.8, 4) is 23.0 Å². The van der Waals surface area contributed by atoms with Crippen molar-refractivity contribution in [1.29, 1.82) is 0 Å². The Morgan fingerprint density at radius 3 is 2.19 bits per heavy atom. The Kier molecular flexibility index (Phi) is 18.1. The fourth-order valence-electron chi connectivity index (χ4n) is 8.80. The van der Waals surface area contributed by atoms with Gasteiger partial charge in [0.25, 0.3) is 17.7 Å². The van der Waals surface area contributed by atoms with Gasteiger partial charge in [0.05, 0.1) is 25.3 Å². The number of carbonyl (C=O) groups is 8. The van der Waals surface area contributed by atoms with E-state index in [2.05, 4.69) is 11.9 Å². The maximum atomic E-state index is 14.0. The predicted molar refractivity (Wildman–Crippen MR) is 258 cm³/mol. The largest absolute Gasteiger partial charge is 0.493 e. The third-order valence-electron chi connectivity index (χ3n) is 13.4. The number of aryl methyl sites for hydroxylation is 1. The van der Waals surface area contributed by atoms with Crippen molar-refractivity contribution in [2.24, 2.45) is 5.41 Å². The van der Waals surface area contributed by atoms with Crippen LogP contribution in [0.4, 0.5) is 0 Å². The highest BCUT2D eigenvalue weighted by Gasteiger charge is 2.46. The number of rotatable bonds is 25. The number of carbonyl (C=O) groups excluding carboxylic acids is 8. The van der Waals surface area contributed by atoms with E-state index in [9.17, 15) is 38.4 Å². The van der Waals surface area contributed by atoms with E-state index >= 15 is 0 Å². The molecule has 1 N–H and O–H groups in total. The second-order valence-electron chi connectivity index (χ2n) is 18.7. The van der Waals surface area contributed by atoms with Crippen LogP contribution in [0, 0.1) is 5.41 Å². The van der Waals surface area contributed by atoms with E-state index in [1.165, 1.54) is 17.0 Å². The molecule has 0 radical (unpaired) electrons.